The van der Waals surface area contributed by atoms with Crippen molar-refractivity contribution in [3.63, 3.8) is 0 Å². The maximum absolute atomic E-state index is 12.0. The summed E-state index contributed by atoms with van der Waals surface area (Å²) in [4.78, 5) is 16.3. The lowest BCUT2D eigenvalue weighted by Crippen LogP contribution is -2.24. The fourth-order valence-electron chi connectivity index (χ4n) is 2.95. The molecule has 0 spiro atoms. The number of nitrogens with zero attached hydrogens (tertiary/aromatic N) is 3. The highest BCUT2D eigenvalue weighted by Gasteiger charge is 2.06. The van der Waals surface area contributed by atoms with Crippen molar-refractivity contribution in [1.82, 2.24) is 15.0 Å². The molecule has 0 aliphatic heterocycles. The Hall–Kier alpha value is -4.13. The van der Waals surface area contributed by atoms with E-state index in [2.05, 4.69) is 15.5 Å². The quantitative estimate of drug-likeness (QED) is 0.380. The van der Waals surface area contributed by atoms with Crippen molar-refractivity contribution in [3.05, 3.63) is 84.8 Å². The molecule has 1 amide bonds. The van der Waals surface area contributed by atoms with Gasteiger partial charge in [-0.1, -0.05) is 18.2 Å². The SMILES string of the molecule is COc1ccc(-n2ccc(/C=N\NC(=O)COc3cccc4cccnc34)c2)cc1. The summed E-state index contributed by atoms with van der Waals surface area (Å²) in [5.41, 5.74) is 5.04. The van der Waals surface area contributed by atoms with E-state index in [0.29, 0.717) is 5.75 Å². The molecule has 0 aliphatic rings. The zero-order chi connectivity index (χ0) is 20.8. The molecule has 4 rings (SSSR count). The van der Waals surface area contributed by atoms with Gasteiger partial charge in [-0.15, -0.1) is 0 Å². The molecule has 0 fully saturated rings. The number of para-hydroxylation sites is 1. The summed E-state index contributed by atoms with van der Waals surface area (Å²) in [6.45, 7) is -0.153. The van der Waals surface area contributed by atoms with E-state index in [1.807, 2.05) is 71.6 Å². The van der Waals surface area contributed by atoms with Crippen LogP contribution in [-0.2, 0) is 4.79 Å². The zero-order valence-electron chi connectivity index (χ0n) is 16.4. The Bertz CT molecular complexity index is 1180. The molecule has 7 heteroatoms. The number of pyridine rings is 1. The molecule has 0 unspecified atom stereocenters. The summed E-state index contributed by atoms with van der Waals surface area (Å²) in [5.74, 6) is 1.01. The van der Waals surface area contributed by atoms with Crippen LogP contribution in [0.25, 0.3) is 16.6 Å². The van der Waals surface area contributed by atoms with E-state index >= 15 is 0 Å². The van der Waals surface area contributed by atoms with Crippen molar-refractivity contribution in [1.29, 1.82) is 0 Å². The predicted octanol–water partition coefficient (Wildman–Crippen LogP) is 3.56. The van der Waals surface area contributed by atoms with E-state index in [1.165, 1.54) is 0 Å². The van der Waals surface area contributed by atoms with Gasteiger partial charge in [0.1, 0.15) is 17.0 Å². The van der Waals surface area contributed by atoms with Crippen LogP contribution in [-0.4, -0.2) is 35.4 Å². The van der Waals surface area contributed by atoms with Crippen LogP contribution >= 0.6 is 0 Å². The fourth-order valence-corrected chi connectivity index (χ4v) is 2.95. The predicted molar refractivity (Wildman–Crippen MR) is 115 cm³/mol. The lowest BCUT2D eigenvalue weighted by molar-refractivity contribution is -0.123. The smallest absolute Gasteiger partial charge is 0.277 e. The number of hydrogen-bond acceptors (Lipinski definition) is 5. The number of amides is 1. The number of ether oxygens (including phenoxy) is 2. The van der Waals surface area contributed by atoms with Gasteiger partial charge in [0, 0.05) is 35.2 Å². The largest absolute Gasteiger partial charge is 0.497 e. The van der Waals surface area contributed by atoms with E-state index in [1.54, 1.807) is 25.6 Å². The molecule has 0 radical (unpaired) electrons. The third-order valence-electron chi connectivity index (χ3n) is 4.44. The van der Waals surface area contributed by atoms with E-state index in [-0.39, 0.29) is 12.5 Å². The fraction of sp³-hybridized carbons (Fsp3) is 0.0870. The van der Waals surface area contributed by atoms with Crippen molar-refractivity contribution < 1.29 is 14.3 Å². The van der Waals surface area contributed by atoms with Crippen molar-refractivity contribution >= 4 is 23.0 Å². The normalized spacial score (nSPS) is 11.0. The average Bonchev–Trinajstić information content (AvgIpc) is 3.26. The van der Waals surface area contributed by atoms with E-state index in [9.17, 15) is 4.79 Å². The number of benzene rings is 2. The molecule has 0 saturated heterocycles. The molecule has 4 aromatic rings. The Morgan fingerprint density at radius 2 is 1.97 bits per heavy atom. The Morgan fingerprint density at radius 3 is 2.80 bits per heavy atom. The van der Waals surface area contributed by atoms with E-state index < -0.39 is 0 Å². The molecule has 0 saturated carbocycles. The van der Waals surface area contributed by atoms with Crippen LogP contribution in [0.2, 0.25) is 0 Å². The molecule has 30 heavy (non-hydrogen) atoms. The highest BCUT2D eigenvalue weighted by Crippen LogP contribution is 2.22. The maximum Gasteiger partial charge on any atom is 0.277 e. The number of nitrogens with one attached hydrogen (secondary N) is 1. The lowest BCUT2D eigenvalue weighted by atomic mass is 10.2. The number of methoxy groups -OCH3 is 1. The molecule has 0 aliphatic carbocycles. The minimum Gasteiger partial charge on any atom is -0.497 e. The monoisotopic (exact) mass is 400 g/mol. The highest BCUT2D eigenvalue weighted by molar-refractivity contribution is 5.85. The first-order valence-corrected chi connectivity index (χ1v) is 9.34. The van der Waals surface area contributed by atoms with Crippen LogP contribution in [0.4, 0.5) is 0 Å². The topological polar surface area (TPSA) is 77.7 Å². The molecule has 2 aromatic carbocycles. The first kappa shape index (κ1) is 19.2. The number of carbonyl (C=O) groups excluding carboxylic acids is 1. The van der Waals surface area contributed by atoms with Crippen LogP contribution < -0.4 is 14.9 Å². The molecule has 7 nitrogen and oxygen atoms in total. The van der Waals surface area contributed by atoms with Gasteiger partial charge in [0.05, 0.1) is 13.3 Å². The third-order valence-corrected chi connectivity index (χ3v) is 4.44. The van der Waals surface area contributed by atoms with Gasteiger partial charge < -0.3 is 14.0 Å². The maximum atomic E-state index is 12.0. The average molecular weight is 400 g/mol. The third kappa shape index (κ3) is 4.47. The zero-order valence-corrected chi connectivity index (χ0v) is 16.4. The van der Waals surface area contributed by atoms with Gasteiger partial charge in [-0.2, -0.15) is 5.10 Å². The Labute approximate surface area is 173 Å². The molecule has 2 aromatic heterocycles. The summed E-state index contributed by atoms with van der Waals surface area (Å²) < 4.78 is 12.7. The minimum absolute atomic E-state index is 0.153. The summed E-state index contributed by atoms with van der Waals surface area (Å²) in [7, 11) is 1.64. The first-order valence-electron chi connectivity index (χ1n) is 9.34. The lowest BCUT2D eigenvalue weighted by Gasteiger charge is -2.07. The van der Waals surface area contributed by atoms with Gasteiger partial charge in [0.2, 0.25) is 0 Å². The van der Waals surface area contributed by atoms with Crippen LogP contribution in [0.15, 0.2) is 84.4 Å². The molecular weight excluding hydrogens is 380 g/mol. The van der Waals surface area contributed by atoms with Gasteiger partial charge in [-0.05, 0) is 42.5 Å². The Kier molecular flexibility index (Phi) is 5.70. The van der Waals surface area contributed by atoms with Gasteiger partial charge in [-0.3, -0.25) is 9.78 Å². The van der Waals surface area contributed by atoms with Crippen LogP contribution in [0.5, 0.6) is 11.5 Å². The molecule has 0 atom stereocenters. The second-order valence-corrected chi connectivity index (χ2v) is 6.46. The van der Waals surface area contributed by atoms with Gasteiger partial charge in [0.15, 0.2) is 6.61 Å². The van der Waals surface area contributed by atoms with Crippen LogP contribution in [0.3, 0.4) is 0 Å². The first-order chi connectivity index (χ1) is 14.7. The molecule has 2 heterocycles. The number of carbonyl (C=O) groups is 1. The van der Waals surface area contributed by atoms with Crippen molar-refractivity contribution in [2.75, 3.05) is 13.7 Å². The van der Waals surface area contributed by atoms with Crippen molar-refractivity contribution in [2.24, 2.45) is 5.10 Å². The van der Waals surface area contributed by atoms with Crippen LogP contribution in [0, 0.1) is 0 Å². The standard InChI is InChI=1S/C23H20N4O3/c1-29-20-9-7-19(8-10-20)27-13-11-17(15-27)14-25-26-22(28)16-30-21-6-2-4-18-5-3-12-24-23(18)21/h2-15H,16H2,1H3,(H,26,28)/b25-14-. The van der Waals surface area contributed by atoms with E-state index in [0.717, 1.165) is 27.9 Å². The van der Waals surface area contributed by atoms with E-state index in [4.69, 9.17) is 9.47 Å². The molecule has 0 bridgehead atoms. The number of fused-ring (bicyclic) bond motifs is 1. The number of aromatic nitrogens is 2. The minimum atomic E-state index is -0.353. The van der Waals surface area contributed by atoms with Crippen molar-refractivity contribution in [3.8, 4) is 17.2 Å². The molecule has 1 N–H and O–H groups in total. The second-order valence-electron chi connectivity index (χ2n) is 6.46. The summed E-state index contributed by atoms with van der Waals surface area (Å²) in [6, 6.07) is 19.0. The molecular formula is C23H20N4O3. The van der Waals surface area contributed by atoms with Gasteiger partial charge in [0.25, 0.3) is 5.91 Å². The second kappa shape index (κ2) is 8.91. The number of hydrogen-bond donors (Lipinski definition) is 1. The summed E-state index contributed by atoms with van der Waals surface area (Å²) >= 11 is 0. The number of rotatable bonds is 7. The summed E-state index contributed by atoms with van der Waals surface area (Å²) in [5, 5.41) is 4.95. The Morgan fingerprint density at radius 1 is 1.13 bits per heavy atom. The van der Waals surface area contributed by atoms with Gasteiger partial charge >= 0.3 is 0 Å². The Balaban J connectivity index is 1.32. The van der Waals surface area contributed by atoms with Gasteiger partial charge in [-0.25, -0.2) is 5.43 Å². The highest BCUT2D eigenvalue weighted by atomic mass is 16.5. The number of hydrazone groups is 1. The molecule has 150 valence electrons. The van der Waals surface area contributed by atoms with Crippen LogP contribution in [0.1, 0.15) is 5.56 Å². The summed E-state index contributed by atoms with van der Waals surface area (Å²) in [6.07, 6.45) is 7.10. The van der Waals surface area contributed by atoms with Crippen molar-refractivity contribution in [2.45, 2.75) is 0 Å².